The highest BCUT2D eigenvalue weighted by atomic mass is 35.5. The molecule has 11 heteroatoms. The first-order valence-electron chi connectivity index (χ1n) is 12.2. The van der Waals surface area contributed by atoms with Gasteiger partial charge in [-0.2, -0.15) is 0 Å². The number of halogens is 4. The first kappa shape index (κ1) is 27.8. The summed E-state index contributed by atoms with van der Waals surface area (Å²) >= 11 is 6.47. The molecule has 2 fully saturated rings. The van der Waals surface area contributed by atoms with E-state index in [2.05, 4.69) is 5.32 Å². The molecule has 1 saturated heterocycles. The Kier molecular flexibility index (Phi) is 7.65. The minimum absolute atomic E-state index is 0.0449. The zero-order valence-corrected chi connectivity index (χ0v) is 22.0. The smallest absolute Gasteiger partial charge is 0.410 e. The zero-order chi connectivity index (χ0) is 27.8. The average Bonchev–Trinajstić information content (AvgIpc) is 3.15. The van der Waals surface area contributed by atoms with Crippen molar-refractivity contribution in [3.05, 3.63) is 64.9 Å². The summed E-state index contributed by atoms with van der Waals surface area (Å²) in [6, 6.07) is 8.17. The maximum absolute atomic E-state index is 14.4. The number of nitrogens with one attached hydrogen (secondary N) is 1. The van der Waals surface area contributed by atoms with Gasteiger partial charge in [0.15, 0.2) is 0 Å². The van der Waals surface area contributed by atoms with Crippen molar-refractivity contribution in [3.8, 4) is 0 Å². The Morgan fingerprint density at radius 3 is 2.42 bits per heavy atom. The molecule has 0 aromatic heterocycles. The average molecular weight is 552 g/mol. The number of hydrogen-bond acceptors (Lipinski definition) is 4. The van der Waals surface area contributed by atoms with Gasteiger partial charge >= 0.3 is 6.09 Å². The number of carbonyl (C=O) groups is 3. The van der Waals surface area contributed by atoms with E-state index in [4.69, 9.17) is 16.3 Å². The summed E-state index contributed by atoms with van der Waals surface area (Å²) in [6.45, 7) is 3.58. The second kappa shape index (κ2) is 10.5. The Morgan fingerprint density at radius 2 is 1.82 bits per heavy atom. The molecule has 7 nitrogen and oxygen atoms in total. The molecule has 204 valence electrons. The highest BCUT2D eigenvalue weighted by Crippen LogP contribution is 2.41. The van der Waals surface area contributed by atoms with Crippen LogP contribution in [-0.2, 0) is 14.3 Å². The van der Waals surface area contributed by atoms with Gasteiger partial charge in [-0.3, -0.25) is 19.4 Å². The Bertz CT molecular complexity index is 1230. The van der Waals surface area contributed by atoms with Crippen molar-refractivity contribution in [1.82, 2.24) is 10.2 Å². The molecule has 1 aliphatic carbocycles. The van der Waals surface area contributed by atoms with E-state index in [1.54, 1.807) is 26.0 Å². The van der Waals surface area contributed by atoms with Crippen molar-refractivity contribution in [1.29, 1.82) is 0 Å². The number of carbonyl (C=O) groups excluding carboxylic acids is 3. The van der Waals surface area contributed by atoms with Crippen LogP contribution < -0.4 is 10.2 Å². The van der Waals surface area contributed by atoms with Gasteiger partial charge < -0.3 is 10.1 Å². The number of rotatable bonds is 6. The number of anilines is 1. The van der Waals surface area contributed by atoms with Gasteiger partial charge in [-0.05, 0) is 51.0 Å². The van der Waals surface area contributed by atoms with Crippen LogP contribution in [0.2, 0.25) is 5.02 Å². The molecule has 2 aliphatic rings. The standard InChI is InChI=1S/C27H29ClF3N3O4/c1-26(2)12-11-21(34(26)25(37)38-3)24(36)33(18-8-6-7-16(29)13-18)22(19-9-4-5-10-20(19)28)23(35)32-17-14-27(30,31)15-17/h4-10,13,17,21-22H,11-12,14-15H2,1-3H3,(H,32,35)/t21?,22-/m0/s1. The Hall–Kier alpha value is -3.27. The van der Waals surface area contributed by atoms with Crippen LogP contribution in [0.1, 0.15) is 51.1 Å². The fourth-order valence-corrected chi connectivity index (χ4v) is 5.43. The topological polar surface area (TPSA) is 79.0 Å². The molecule has 0 spiro atoms. The van der Waals surface area contributed by atoms with E-state index in [0.717, 1.165) is 11.0 Å². The molecule has 0 radical (unpaired) electrons. The summed E-state index contributed by atoms with van der Waals surface area (Å²) in [5, 5.41) is 2.75. The van der Waals surface area contributed by atoms with Gasteiger partial charge in [0.2, 0.25) is 5.91 Å². The second-order valence-corrected chi connectivity index (χ2v) is 10.7. The number of ether oxygens (including phenoxy) is 1. The lowest BCUT2D eigenvalue weighted by Gasteiger charge is -2.40. The molecule has 0 bridgehead atoms. The van der Waals surface area contributed by atoms with E-state index in [1.165, 1.54) is 42.3 Å². The Morgan fingerprint density at radius 1 is 1.13 bits per heavy atom. The number of nitrogens with zero attached hydrogens (tertiary/aromatic N) is 2. The third-order valence-electron chi connectivity index (χ3n) is 7.12. The predicted molar refractivity (Wildman–Crippen MR) is 136 cm³/mol. The predicted octanol–water partition coefficient (Wildman–Crippen LogP) is 5.48. The maximum Gasteiger partial charge on any atom is 0.410 e. The normalized spacial score (nSPS) is 20.8. The van der Waals surface area contributed by atoms with Crippen molar-refractivity contribution in [2.24, 2.45) is 0 Å². The van der Waals surface area contributed by atoms with E-state index >= 15 is 0 Å². The molecule has 2 atom stereocenters. The van der Waals surface area contributed by atoms with Crippen LogP contribution in [-0.4, -0.2) is 53.5 Å². The number of amides is 3. The summed E-state index contributed by atoms with van der Waals surface area (Å²) in [5.74, 6) is -4.95. The van der Waals surface area contributed by atoms with Crippen molar-refractivity contribution >= 4 is 35.2 Å². The molecule has 1 saturated carbocycles. The highest BCUT2D eigenvalue weighted by molar-refractivity contribution is 6.31. The fourth-order valence-electron chi connectivity index (χ4n) is 5.20. The van der Waals surface area contributed by atoms with Gasteiger partial charge in [0.1, 0.15) is 17.9 Å². The SMILES string of the molecule is COC(=O)N1C(C(=O)N(c2cccc(F)c2)[C@H](C(=O)NC2CC(F)(F)C2)c2ccccc2Cl)CCC1(C)C. The van der Waals surface area contributed by atoms with E-state index < -0.39 is 66.2 Å². The lowest BCUT2D eigenvalue weighted by Crippen LogP contribution is -2.57. The van der Waals surface area contributed by atoms with Gasteiger partial charge in [-0.1, -0.05) is 35.9 Å². The van der Waals surface area contributed by atoms with Gasteiger partial charge in [-0.25, -0.2) is 18.0 Å². The van der Waals surface area contributed by atoms with Crippen molar-refractivity contribution in [3.63, 3.8) is 0 Å². The van der Waals surface area contributed by atoms with E-state index in [-0.39, 0.29) is 22.7 Å². The monoisotopic (exact) mass is 551 g/mol. The van der Waals surface area contributed by atoms with Crippen LogP contribution in [0.5, 0.6) is 0 Å². The number of likely N-dealkylation sites (tertiary alicyclic amines) is 1. The van der Waals surface area contributed by atoms with Gasteiger partial charge in [0, 0.05) is 40.7 Å². The molecule has 1 N–H and O–H groups in total. The number of alkyl halides is 2. The van der Waals surface area contributed by atoms with Crippen molar-refractivity contribution in [2.45, 2.75) is 69.1 Å². The summed E-state index contributed by atoms with van der Waals surface area (Å²) < 4.78 is 46.4. The zero-order valence-electron chi connectivity index (χ0n) is 21.2. The quantitative estimate of drug-likeness (QED) is 0.516. The van der Waals surface area contributed by atoms with Gasteiger partial charge in [0.05, 0.1) is 7.11 Å². The molecule has 3 amide bonds. The third kappa shape index (κ3) is 5.45. The second-order valence-electron chi connectivity index (χ2n) is 10.3. The first-order chi connectivity index (χ1) is 17.8. The Balaban J connectivity index is 1.82. The molecular weight excluding hydrogens is 523 g/mol. The molecule has 4 rings (SSSR count). The highest BCUT2D eigenvalue weighted by Gasteiger charge is 2.51. The number of methoxy groups -OCH3 is 1. The Labute approximate surface area is 223 Å². The van der Waals surface area contributed by atoms with Crippen molar-refractivity contribution < 1.29 is 32.3 Å². The summed E-state index contributed by atoms with van der Waals surface area (Å²) in [4.78, 5) is 43.2. The molecule has 2 aromatic rings. The lowest BCUT2D eigenvalue weighted by molar-refractivity contribution is -0.133. The third-order valence-corrected chi connectivity index (χ3v) is 7.46. The molecule has 38 heavy (non-hydrogen) atoms. The van der Waals surface area contributed by atoms with Crippen LogP contribution >= 0.6 is 11.6 Å². The molecule has 1 unspecified atom stereocenters. The van der Waals surface area contributed by atoms with Crippen LogP contribution in [0.15, 0.2) is 48.5 Å². The van der Waals surface area contributed by atoms with Crippen LogP contribution in [0.25, 0.3) is 0 Å². The number of benzene rings is 2. The van der Waals surface area contributed by atoms with E-state index in [1.807, 2.05) is 0 Å². The van der Waals surface area contributed by atoms with Crippen LogP contribution in [0, 0.1) is 5.82 Å². The summed E-state index contributed by atoms with van der Waals surface area (Å²) in [5.41, 5.74) is -0.471. The minimum Gasteiger partial charge on any atom is -0.453 e. The summed E-state index contributed by atoms with van der Waals surface area (Å²) in [6.07, 6.45) is -1.06. The van der Waals surface area contributed by atoms with Crippen molar-refractivity contribution in [2.75, 3.05) is 12.0 Å². The molecule has 1 aliphatic heterocycles. The maximum atomic E-state index is 14.4. The minimum atomic E-state index is -2.88. The lowest BCUT2D eigenvalue weighted by atomic mass is 9.87. The molecule has 1 heterocycles. The fraction of sp³-hybridized carbons (Fsp3) is 0.444. The van der Waals surface area contributed by atoms with E-state index in [9.17, 15) is 27.6 Å². The van der Waals surface area contributed by atoms with Gasteiger partial charge in [0.25, 0.3) is 11.8 Å². The van der Waals surface area contributed by atoms with Crippen LogP contribution in [0.4, 0.5) is 23.7 Å². The molecule has 2 aromatic carbocycles. The largest absolute Gasteiger partial charge is 0.453 e. The molecular formula is C27H29ClF3N3O4. The number of hydrogen-bond donors (Lipinski definition) is 1. The first-order valence-corrected chi connectivity index (χ1v) is 12.6. The van der Waals surface area contributed by atoms with Gasteiger partial charge in [-0.15, -0.1) is 0 Å². The summed E-state index contributed by atoms with van der Waals surface area (Å²) in [7, 11) is 1.21. The van der Waals surface area contributed by atoms with E-state index in [0.29, 0.717) is 6.42 Å². The van der Waals surface area contributed by atoms with Crippen LogP contribution in [0.3, 0.4) is 0 Å².